The highest BCUT2D eigenvalue weighted by Crippen LogP contribution is 2.46. The van der Waals surface area contributed by atoms with Crippen molar-refractivity contribution in [3.05, 3.63) is 187 Å². The Morgan fingerprint density at radius 3 is 0.961 bits per heavy atom. The molecule has 0 saturated heterocycles. The standard InChI is InChI=1S/C42H27F4NO2P2/c43-28-6-14-33(15-7-28)50(48,34-16-8-29(44)9-17-34)37-22-24-39-40-25-23-38(27-42(40)47(41(39)26-37)32-4-2-1-3-5-32)51(49,35-18-10-30(45)11-19-35)36-20-12-31(46)13-21-36/h1-27H. The largest absolute Gasteiger partial charge is 0.309 e. The van der Waals surface area contributed by atoms with Crippen LogP contribution in [0.1, 0.15) is 0 Å². The minimum atomic E-state index is -3.65. The van der Waals surface area contributed by atoms with E-state index < -0.39 is 37.6 Å². The van der Waals surface area contributed by atoms with Crippen LogP contribution in [0.5, 0.6) is 0 Å². The maximum atomic E-state index is 15.4. The van der Waals surface area contributed by atoms with Crippen molar-refractivity contribution in [2.24, 2.45) is 0 Å². The quantitative estimate of drug-likeness (QED) is 0.123. The molecule has 1 heterocycles. The molecule has 0 amide bonds. The van der Waals surface area contributed by atoms with Gasteiger partial charge in [-0.3, -0.25) is 0 Å². The van der Waals surface area contributed by atoms with E-state index in [1.54, 1.807) is 12.1 Å². The van der Waals surface area contributed by atoms with Gasteiger partial charge in [0.15, 0.2) is 14.3 Å². The third-order valence-corrected chi connectivity index (χ3v) is 15.3. The molecule has 0 spiro atoms. The Hall–Kier alpha value is -5.48. The molecule has 0 aliphatic heterocycles. The van der Waals surface area contributed by atoms with Crippen molar-refractivity contribution in [3.63, 3.8) is 0 Å². The van der Waals surface area contributed by atoms with Crippen LogP contribution in [0.25, 0.3) is 27.5 Å². The number of fused-ring (bicyclic) bond motifs is 3. The summed E-state index contributed by atoms with van der Waals surface area (Å²) in [6.45, 7) is 0. The minimum absolute atomic E-state index is 0.388. The normalized spacial score (nSPS) is 12.1. The Labute approximate surface area is 291 Å². The molecule has 1 aromatic heterocycles. The van der Waals surface area contributed by atoms with Gasteiger partial charge in [-0.25, -0.2) is 17.6 Å². The Kier molecular flexibility index (Phi) is 8.14. The van der Waals surface area contributed by atoms with Crippen LogP contribution in [0.3, 0.4) is 0 Å². The molecule has 0 atom stereocenters. The lowest BCUT2D eigenvalue weighted by Crippen LogP contribution is -2.25. The van der Waals surface area contributed by atoms with E-state index in [9.17, 15) is 17.6 Å². The average Bonchev–Trinajstić information content (AvgIpc) is 3.48. The van der Waals surface area contributed by atoms with Gasteiger partial charge < -0.3 is 13.7 Å². The third kappa shape index (κ3) is 5.54. The van der Waals surface area contributed by atoms with Crippen molar-refractivity contribution in [3.8, 4) is 5.69 Å². The highest BCUT2D eigenvalue weighted by Gasteiger charge is 2.33. The summed E-state index contributed by atoms with van der Waals surface area (Å²) in [6, 6.07) is 42.5. The first-order chi connectivity index (χ1) is 24.7. The molecule has 0 aliphatic rings. The van der Waals surface area contributed by atoms with E-state index in [2.05, 4.69) is 0 Å². The molecule has 7 aromatic carbocycles. The number of para-hydroxylation sites is 1. The van der Waals surface area contributed by atoms with E-state index in [-0.39, 0.29) is 0 Å². The van der Waals surface area contributed by atoms with Crippen molar-refractivity contribution < 1.29 is 26.7 Å². The molecule has 0 bridgehead atoms. The van der Waals surface area contributed by atoms with Gasteiger partial charge in [0.05, 0.1) is 11.0 Å². The van der Waals surface area contributed by atoms with Crippen molar-refractivity contribution in [2.75, 3.05) is 0 Å². The Bertz CT molecular complexity index is 2390. The van der Waals surface area contributed by atoms with Crippen LogP contribution >= 0.6 is 14.3 Å². The van der Waals surface area contributed by atoms with Gasteiger partial charge in [0, 0.05) is 48.3 Å². The summed E-state index contributed by atoms with van der Waals surface area (Å²) in [4.78, 5) is 0. The third-order valence-electron chi connectivity index (χ3n) is 9.24. The number of hydrogen-bond acceptors (Lipinski definition) is 2. The Morgan fingerprint density at radius 2 is 0.647 bits per heavy atom. The van der Waals surface area contributed by atoms with Gasteiger partial charge in [0.25, 0.3) is 0 Å². The number of hydrogen-bond donors (Lipinski definition) is 0. The van der Waals surface area contributed by atoms with Gasteiger partial charge >= 0.3 is 0 Å². The fourth-order valence-electron chi connectivity index (χ4n) is 6.74. The molecule has 3 nitrogen and oxygen atoms in total. The fraction of sp³-hybridized carbons (Fsp3) is 0. The topological polar surface area (TPSA) is 39.1 Å². The molecule has 0 unspecified atom stereocenters. The summed E-state index contributed by atoms with van der Waals surface area (Å²) < 4.78 is 89.0. The smallest absolute Gasteiger partial charge is 0.171 e. The summed E-state index contributed by atoms with van der Waals surface area (Å²) in [5.74, 6) is -1.89. The summed E-state index contributed by atoms with van der Waals surface area (Å²) in [5, 5.41) is 4.12. The highest BCUT2D eigenvalue weighted by atomic mass is 31.2. The van der Waals surface area contributed by atoms with Gasteiger partial charge in [-0.2, -0.15) is 0 Å². The zero-order chi connectivity index (χ0) is 35.3. The predicted octanol–water partition coefficient (Wildman–Crippen LogP) is 8.62. The highest BCUT2D eigenvalue weighted by molar-refractivity contribution is 7.85. The molecule has 8 aromatic rings. The number of halogens is 4. The van der Waals surface area contributed by atoms with Gasteiger partial charge in [-0.05, 0) is 121 Å². The zero-order valence-electron chi connectivity index (χ0n) is 26.8. The first kappa shape index (κ1) is 32.7. The lowest BCUT2D eigenvalue weighted by atomic mass is 10.1. The van der Waals surface area contributed by atoms with Crippen molar-refractivity contribution in [2.45, 2.75) is 0 Å². The van der Waals surface area contributed by atoms with Crippen molar-refractivity contribution in [1.29, 1.82) is 0 Å². The van der Waals surface area contributed by atoms with Gasteiger partial charge in [-0.1, -0.05) is 42.5 Å². The molecule has 9 heteroatoms. The molecule has 8 rings (SSSR count). The second-order valence-electron chi connectivity index (χ2n) is 12.2. The maximum Gasteiger partial charge on any atom is 0.171 e. The zero-order valence-corrected chi connectivity index (χ0v) is 28.5. The van der Waals surface area contributed by atoms with E-state index in [1.165, 1.54) is 97.1 Å². The van der Waals surface area contributed by atoms with Crippen molar-refractivity contribution >= 4 is 67.9 Å². The number of aromatic nitrogens is 1. The fourth-order valence-corrected chi connectivity index (χ4v) is 12.0. The second kappa shape index (κ2) is 12.7. The van der Waals surface area contributed by atoms with Gasteiger partial charge in [0.1, 0.15) is 23.3 Å². The SMILES string of the molecule is O=P(c1ccc(F)cc1)(c1ccc(F)cc1)c1ccc2c3ccc(P(=O)(c4ccc(F)cc4)c4ccc(F)cc4)cc3n(-c3ccccc3)c2c1. The van der Waals surface area contributed by atoms with E-state index in [4.69, 9.17) is 0 Å². The lowest BCUT2D eigenvalue weighted by molar-refractivity contribution is 0.591. The monoisotopic (exact) mass is 715 g/mol. The molecule has 0 saturated carbocycles. The van der Waals surface area contributed by atoms with Crippen LogP contribution < -0.4 is 31.8 Å². The molecule has 0 fully saturated rings. The molecular formula is C42H27F4NO2P2. The van der Waals surface area contributed by atoms with Crippen LogP contribution in [-0.4, -0.2) is 4.57 Å². The lowest BCUT2D eigenvalue weighted by Gasteiger charge is -2.21. The molecule has 0 aliphatic carbocycles. The number of nitrogens with zero attached hydrogens (tertiary/aromatic N) is 1. The van der Waals surface area contributed by atoms with Crippen LogP contribution in [0.15, 0.2) is 164 Å². The Morgan fingerprint density at radius 1 is 0.353 bits per heavy atom. The van der Waals surface area contributed by atoms with Crippen LogP contribution in [0, 0.1) is 23.3 Å². The summed E-state index contributed by atoms with van der Waals surface area (Å²) in [7, 11) is -7.30. The molecule has 250 valence electrons. The minimum Gasteiger partial charge on any atom is -0.309 e. The van der Waals surface area contributed by atoms with Crippen LogP contribution in [0.2, 0.25) is 0 Å². The molecule has 0 N–H and O–H groups in total. The van der Waals surface area contributed by atoms with E-state index in [1.807, 2.05) is 59.2 Å². The number of rotatable bonds is 7. The van der Waals surface area contributed by atoms with Gasteiger partial charge in [0.2, 0.25) is 0 Å². The van der Waals surface area contributed by atoms with Gasteiger partial charge in [-0.15, -0.1) is 0 Å². The first-order valence-corrected chi connectivity index (χ1v) is 19.5. The van der Waals surface area contributed by atoms with E-state index in [0.29, 0.717) is 42.9 Å². The summed E-state index contributed by atoms with van der Waals surface area (Å²) >= 11 is 0. The van der Waals surface area contributed by atoms with Crippen LogP contribution in [-0.2, 0) is 9.13 Å². The average molecular weight is 716 g/mol. The maximum absolute atomic E-state index is 15.4. The van der Waals surface area contributed by atoms with E-state index >= 15 is 9.13 Å². The number of benzene rings is 7. The summed E-state index contributed by atoms with van der Waals surface area (Å²) in [6.07, 6.45) is 0. The van der Waals surface area contributed by atoms with Crippen LogP contribution in [0.4, 0.5) is 17.6 Å². The molecule has 0 radical (unpaired) electrons. The predicted molar refractivity (Wildman–Crippen MR) is 199 cm³/mol. The molecule has 51 heavy (non-hydrogen) atoms. The van der Waals surface area contributed by atoms with E-state index in [0.717, 1.165) is 16.5 Å². The Balaban J connectivity index is 1.42. The first-order valence-electron chi connectivity index (χ1n) is 16.1. The molecular weight excluding hydrogens is 688 g/mol. The summed E-state index contributed by atoms with van der Waals surface area (Å²) in [5.41, 5.74) is 2.19. The second-order valence-corrected chi connectivity index (χ2v) is 17.7. The van der Waals surface area contributed by atoms with Crippen molar-refractivity contribution in [1.82, 2.24) is 4.57 Å².